The van der Waals surface area contributed by atoms with Gasteiger partial charge >= 0.3 is 0 Å². The maximum absolute atomic E-state index is 12.2. The second-order valence-electron chi connectivity index (χ2n) is 6.90. The fraction of sp³-hybridized carbons (Fsp3) is 0.400. The van der Waals surface area contributed by atoms with E-state index in [0.29, 0.717) is 23.9 Å². The Hall–Kier alpha value is -2.76. The van der Waals surface area contributed by atoms with E-state index in [1.54, 1.807) is 12.3 Å². The Morgan fingerprint density at radius 2 is 1.77 bits per heavy atom. The molecule has 6 nitrogen and oxygen atoms in total. The molecule has 1 aliphatic carbocycles. The lowest BCUT2D eigenvalue weighted by molar-refractivity contribution is -0.132. The Labute approximate surface area is 152 Å². The number of carbonyl (C=O) groups is 2. The predicted molar refractivity (Wildman–Crippen MR) is 97.8 cm³/mol. The predicted octanol–water partition coefficient (Wildman–Crippen LogP) is 2.27. The maximum atomic E-state index is 12.2. The summed E-state index contributed by atoms with van der Waals surface area (Å²) in [6.45, 7) is 3.61. The van der Waals surface area contributed by atoms with E-state index in [1.807, 2.05) is 35.2 Å². The summed E-state index contributed by atoms with van der Waals surface area (Å²) < 4.78 is 5.21. The molecular weight excluding hydrogens is 330 g/mol. The third-order valence-corrected chi connectivity index (χ3v) is 5.02. The molecule has 0 spiro atoms. The summed E-state index contributed by atoms with van der Waals surface area (Å²) in [5.74, 6) is 1.23. The summed E-state index contributed by atoms with van der Waals surface area (Å²) in [5.41, 5.74) is 1.72. The molecule has 1 aromatic heterocycles. The number of anilines is 1. The molecule has 2 aromatic rings. The van der Waals surface area contributed by atoms with Gasteiger partial charge in [-0.2, -0.15) is 0 Å². The van der Waals surface area contributed by atoms with Crippen LogP contribution in [0.5, 0.6) is 0 Å². The zero-order valence-corrected chi connectivity index (χ0v) is 14.7. The third kappa shape index (κ3) is 3.74. The van der Waals surface area contributed by atoms with Gasteiger partial charge in [0.2, 0.25) is 5.91 Å². The minimum atomic E-state index is -0.118. The van der Waals surface area contributed by atoms with Crippen molar-refractivity contribution in [2.45, 2.75) is 19.4 Å². The molecule has 1 aromatic carbocycles. The molecular formula is C20H23N3O3. The molecule has 0 bridgehead atoms. The lowest BCUT2D eigenvalue weighted by Crippen LogP contribution is -2.49. The number of piperazine rings is 1. The smallest absolute Gasteiger partial charge is 0.251 e. The lowest BCUT2D eigenvalue weighted by atomic mass is 10.1. The standard InChI is InChI=1S/C20H23N3O3/c24-19(21-14-18-2-1-13-26-18)15-5-7-17(8-6-15)22-9-11-23(12-10-22)20(25)16-3-4-16/h1-2,5-8,13,16H,3-4,9-12,14H2,(H,21,24). The molecule has 2 amide bonds. The number of nitrogens with one attached hydrogen (secondary N) is 1. The van der Waals surface area contributed by atoms with Crippen LogP contribution in [-0.4, -0.2) is 42.9 Å². The largest absolute Gasteiger partial charge is 0.467 e. The number of amides is 2. The normalized spacial score (nSPS) is 17.2. The summed E-state index contributed by atoms with van der Waals surface area (Å²) in [5, 5.41) is 2.84. The first-order valence-corrected chi connectivity index (χ1v) is 9.15. The van der Waals surface area contributed by atoms with Crippen LogP contribution in [0.25, 0.3) is 0 Å². The van der Waals surface area contributed by atoms with Gasteiger partial charge in [-0.15, -0.1) is 0 Å². The van der Waals surface area contributed by atoms with Crippen LogP contribution >= 0.6 is 0 Å². The van der Waals surface area contributed by atoms with Crippen molar-refractivity contribution in [2.75, 3.05) is 31.1 Å². The van der Waals surface area contributed by atoms with Gasteiger partial charge in [0, 0.05) is 43.3 Å². The van der Waals surface area contributed by atoms with Crippen LogP contribution in [-0.2, 0) is 11.3 Å². The Bertz CT molecular complexity index is 758. The van der Waals surface area contributed by atoms with Crippen LogP contribution in [0.2, 0.25) is 0 Å². The van der Waals surface area contributed by atoms with Crippen LogP contribution in [0.1, 0.15) is 29.0 Å². The molecule has 2 heterocycles. The van der Waals surface area contributed by atoms with Crippen LogP contribution in [0.3, 0.4) is 0 Å². The van der Waals surface area contributed by atoms with Crippen molar-refractivity contribution < 1.29 is 14.0 Å². The molecule has 2 aliphatic rings. The minimum Gasteiger partial charge on any atom is -0.467 e. The fourth-order valence-corrected chi connectivity index (χ4v) is 3.28. The van der Waals surface area contributed by atoms with E-state index in [2.05, 4.69) is 10.2 Å². The van der Waals surface area contributed by atoms with Gasteiger partial charge in [-0.3, -0.25) is 9.59 Å². The number of hydrogen-bond acceptors (Lipinski definition) is 4. The van der Waals surface area contributed by atoms with Gasteiger partial charge in [0.05, 0.1) is 12.8 Å². The summed E-state index contributed by atoms with van der Waals surface area (Å²) in [6, 6.07) is 11.3. The first-order valence-electron chi connectivity index (χ1n) is 9.15. The Morgan fingerprint density at radius 1 is 1.04 bits per heavy atom. The minimum absolute atomic E-state index is 0.118. The van der Waals surface area contributed by atoms with Crippen molar-refractivity contribution in [3.05, 3.63) is 54.0 Å². The van der Waals surface area contributed by atoms with Gasteiger partial charge in [0.15, 0.2) is 0 Å². The van der Waals surface area contributed by atoms with E-state index in [9.17, 15) is 9.59 Å². The highest BCUT2D eigenvalue weighted by Crippen LogP contribution is 2.31. The van der Waals surface area contributed by atoms with Gasteiger partial charge in [-0.05, 0) is 49.2 Å². The van der Waals surface area contributed by atoms with Gasteiger partial charge in [0.25, 0.3) is 5.91 Å². The van der Waals surface area contributed by atoms with E-state index in [4.69, 9.17) is 4.42 Å². The van der Waals surface area contributed by atoms with Crippen molar-refractivity contribution in [1.29, 1.82) is 0 Å². The summed E-state index contributed by atoms with van der Waals surface area (Å²) in [6.07, 6.45) is 3.71. The summed E-state index contributed by atoms with van der Waals surface area (Å²) in [7, 11) is 0. The molecule has 0 atom stereocenters. The van der Waals surface area contributed by atoms with Crippen molar-refractivity contribution in [2.24, 2.45) is 5.92 Å². The van der Waals surface area contributed by atoms with Gasteiger partial charge in [-0.1, -0.05) is 0 Å². The molecule has 2 fully saturated rings. The zero-order chi connectivity index (χ0) is 17.9. The molecule has 4 rings (SSSR count). The molecule has 1 N–H and O–H groups in total. The summed E-state index contributed by atoms with van der Waals surface area (Å²) >= 11 is 0. The number of hydrogen-bond donors (Lipinski definition) is 1. The summed E-state index contributed by atoms with van der Waals surface area (Å²) in [4.78, 5) is 28.6. The van der Waals surface area contributed by atoms with Crippen molar-refractivity contribution in [3.63, 3.8) is 0 Å². The van der Waals surface area contributed by atoms with E-state index in [1.165, 1.54) is 0 Å². The van der Waals surface area contributed by atoms with Crippen LogP contribution < -0.4 is 10.2 Å². The fourth-order valence-electron chi connectivity index (χ4n) is 3.28. The number of rotatable bonds is 5. The third-order valence-electron chi connectivity index (χ3n) is 5.02. The molecule has 136 valence electrons. The first kappa shape index (κ1) is 16.7. The van der Waals surface area contributed by atoms with Crippen LogP contribution in [0.15, 0.2) is 47.1 Å². The highest BCUT2D eigenvalue weighted by Gasteiger charge is 2.34. The van der Waals surface area contributed by atoms with E-state index >= 15 is 0 Å². The van der Waals surface area contributed by atoms with Crippen LogP contribution in [0.4, 0.5) is 5.69 Å². The average molecular weight is 353 g/mol. The highest BCUT2D eigenvalue weighted by molar-refractivity contribution is 5.94. The highest BCUT2D eigenvalue weighted by atomic mass is 16.3. The molecule has 0 unspecified atom stereocenters. The molecule has 1 aliphatic heterocycles. The second kappa shape index (κ2) is 7.23. The molecule has 6 heteroatoms. The van der Waals surface area contributed by atoms with Crippen molar-refractivity contribution >= 4 is 17.5 Å². The van der Waals surface area contributed by atoms with Gasteiger partial charge in [0.1, 0.15) is 5.76 Å². The van der Waals surface area contributed by atoms with E-state index < -0.39 is 0 Å². The second-order valence-corrected chi connectivity index (χ2v) is 6.90. The maximum Gasteiger partial charge on any atom is 0.251 e. The van der Waals surface area contributed by atoms with E-state index in [0.717, 1.165) is 50.5 Å². The van der Waals surface area contributed by atoms with Gasteiger partial charge in [-0.25, -0.2) is 0 Å². The Kier molecular flexibility index (Phi) is 4.65. The quantitative estimate of drug-likeness (QED) is 0.896. The molecule has 0 radical (unpaired) electrons. The topological polar surface area (TPSA) is 65.8 Å². The molecule has 1 saturated heterocycles. The lowest BCUT2D eigenvalue weighted by Gasteiger charge is -2.36. The first-order chi connectivity index (χ1) is 12.7. The Morgan fingerprint density at radius 3 is 2.38 bits per heavy atom. The number of carbonyl (C=O) groups excluding carboxylic acids is 2. The average Bonchev–Trinajstić information content (AvgIpc) is 3.41. The van der Waals surface area contributed by atoms with Crippen LogP contribution in [0, 0.1) is 5.92 Å². The van der Waals surface area contributed by atoms with Gasteiger partial charge < -0.3 is 19.5 Å². The van der Waals surface area contributed by atoms with Crippen molar-refractivity contribution in [1.82, 2.24) is 10.2 Å². The molecule has 26 heavy (non-hydrogen) atoms. The molecule has 1 saturated carbocycles. The monoisotopic (exact) mass is 353 g/mol. The number of furan rings is 1. The zero-order valence-electron chi connectivity index (χ0n) is 14.7. The van der Waals surface area contributed by atoms with Crippen molar-refractivity contribution in [3.8, 4) is 0 Å². The SMILES string of the molecule is O=C(NCc1ccco1)c1ccc(N2CCN(C(=O)C3CC3)CC2)cc1. The Balaban J connectivity index is 1.30. The van der Waals surface area contributed by atoms with E-state index in [-0.39, 0.29) is 5.91 Å². The number of nitrogens with zero attached hydrogens (tertiary/aromatic N) is 2. The number of benzene rings is 1.